The highest BCUT2D eigenvalue weighted by atomic mass is 79.9. The molecule has 0 aliphatic heterocycles. The monoisotopic (exact) mass is 381 g/mol. The van der Waals surface area contributed by atoms with Gasteiger partial charge in [-0.15, -0.1) is 11.3 Å². The fourth-order valence-electron chi connectivity index (χ4n) is 2.21. The minimum atomic E-state index is -0.0498. The Kier molecular flexibility index (Phi) is 4.38. The molecule has 108 valence electrons. The molecule has 0 saturated heterocycles. The standard InChI is InChI=1S/C16H13BrClNOS/c1-10-7-11(17)9-12(8-10)19-16(13-3-2-6-20-13)14-4-5-15(18)21-14/h2-9,16,19H,1H3. The number of benzene rings is 1. The number of halogens is 2. The van der Waals surface area contributed by atoms with E-state index in [-0.39, 0.29) is 6.04 Å². The molecule has 0 radical (unpaired) electrons. The lowest BCUT2D eigenvalue weighted by Crippen LogP contribution is -2.10. The van der Waals surface area contributed by atoms with Crippen LogP contribution < -0.4 is 5.32 Å². The molecule has 1 aromatic carbocycles. The summed E-state index contributed by atoms with van der Waals surface area (Å²) >= 11 is 11.2. The molecule has 0 fully saturated rings. The smallest absolute Gasteiger partial charge is 0.131 e. The number of hydrogen-bond acceptors (Lipinski definition) is 3. The van der Waals surface area contributed by atoms with Gasteiger partial charge in [0.05, 0.1) is 10.6 Å². The molecule has 1 unspecified atom stereocenters. The average molecular weight is 383 g/mol. The lowest BCUT2D eigenvalue weighted by Gasteiger charge is -2.17. The number of thiophene rings is 1. The molecule has 0 amide bonds. The maximum absolute atomic E-state index is 6.07. The topological polar surface area (TPSA) is 25.2 Å². The lowest BCUT2D eigenvalue weighted by molar-refractivity contribution is 0.501. The second-order valence-corrected chi connectivity index (χ2v) is 7.41. The van der Waals surface area contributed by atoms with Gasteiger partial charge in [0.25, 0.3) is 0 Å². The maximum atomic E-state index is 6.07. The third-order valence-electron chi connectivity index (χ3n) is 3.06. The van der Waals surface area contributed by atoms with Crippen molar-refractivity contribution in [2.75, 3.05) is 5.32 Å². The van der Waals surface area contributed by atoms with Crippen LogP contribution in [0.2, 0.25) is 4.34 Å². The zero-order valence-corrected chi connectivity index (χ0v) is 14.4. The summed E-state index contributed by atoms with van der Waals surface area (Å²) in [5.41, 5.74) is 2.22. The predicted octanol–water partition coefficient (Wildman–Crippen LogP) is 6.27. The van der Waals surface area contributed by atoms with Crippen molar-refractivity contribution in [3.63, 3.8) is 0 Å². The summed E-state index contributed by atoms with van der Waals surface area (Å²) < 4.78 is 7.40. The second kappa shape index (κ2) is 6.26. The summed E-state index contributed by atoms with van der Waals surface area (Å²) in [5, 5.41) is 3.52. The highest BCUT2D eigenvalue weighted by molar-refractivity contribution is 9.10. The molecule has 0 spiro atoms. The van der Waals surface area contributed by atoms with E-state index < -0.39 is 0 Å². The molecular weight excluding hydrogens is 370 g/mol. The zero-order valence-electron chi connectivity index (χ0n) is 11.3. The van der Waals surface area contributed by atoms with Crippen LogP contribution in [0, 0.1) is 6.92 Å². The lowest BCUT2D eigenvalue weighted by atomic mass is 10.1. The Labute approximate surface area is 140 Å². The van der Waals surface area contributed by atoms with E-state index in [4.69, 9.17) is 16.0 Å². The Bertz CT molecular complexity index is 718. The number of anilines is 1. The van der Waals surface area contributed by atoms with E-state index in [0.717, 1.165) is 25.1 Å². The van der Waals surface area contributed by atoms with Gasteiger partial charge in [0.1, 0.15) is 11.8 Å². The highest BCUT2D eigenvalue weighted by Gasteiger charge is 2.19. The molecule has 3 rings (SSSR count). The van der Waals surface area contributed by atoms with Gasteiger partial charge in [-0.2, -0.15) is 0 Å². The number of hydrogen-bond donors (Lipinski definition) is 1. The third-order valence-corrected chi connectivity index (χ3v) is 4.81. The average Bonchev–Trinajstić information content (AvgIpc) is 3.06. The fraction of sp³-hybridized carbons (Fsp3) is 0.125. The van der Waals surface area contributed by atoms with Crippen LogP contribution in [0.3, 0.4) is 0 Å². The number of nitrogens with one attached hydrogen (secondary N) is 1. The molecule has 1 N–H and O–H groups in total. The Morgan fingerprint density at radius 3 is 2.71 bits per heavy atom. The van der Waals surface area contributed by atoms with Gasteiger partial charge in [0, 0.05) is 15.0 Å². The Morgan fingerprint density at radius 1 is 1.24 bits per heavy atom. The van der Waals surface area contributed by atoms with Crippen LogP contribution in [0.15, 0.2) is 57.6 Å². The maximum Gasteiger partial charge on any atom is 0.131 e. The summed E-state index contributed by atoms with van der Waals surface area (Å²) in [4.78, 5) is 1.12. The number of aryl methyl sites for hydroxylation is 1. The SMILES string of the molecule is Cc1cc(Br)cc(NC(c2ccco2)c2ccc(Cl)s2)c1. The quantitative estimate of drug-likeness (QED) is 0.575. The first-order valence-corrected chi connectivity index (χ1v) is 8.43. The van der Waals surface area contributed by atoms with Gasteiger partial charge in [-0.3, -0.25) is 0 Å². The van der Waals surface area contributed by atoms with E-state index in [1.54, 1.807) is 17.6 Å². The number of furan rings is 1. The van der Waals surface area contributed by atoms with Crippen LogP contribution in [-0.2, 0) is 0 Å². The second-order valence-electron chi connectivity index (χ2n) is 4.75. The van der Waals surface area contributed by atoms with Crippen molar-refractivity contribution in [1.82, 2.24) is 0 Å². The van der Waals surface area contributed by atoms with Gasteiger partial charge in [-0.05, 0) is 55.0 Å². The molecule has 0 aliphatic rings. The van der Waals surface area contributed by atoms with E-state index in [0.29, 0.717) is 0 Å². The summed E-state index contributed by atoms with van der Waals surface area (Å²) in [7, 11) is 0. The minimum Gasteiger partial charge on any atom is -0.467 e. The van der Waals surface area contributed by atoms with Crippen LogP contribution in [0.4, 0.5) is 5.69 Å². The number of rotatable bonds is 4. The Balaban J connectivity index is 1.96. The van der Waals surface area contributed by atoms with E-state index in [1.165, 1.54) is 5.56 Å². The van der Waals surface area contributed by atoms with E-state index in [9.17, 15) is 0 Å². The first-order valence-electron chi connectivity index (χ1n) is 6.44. The molecular formula is C16H13BrClNOS. The highest BCUT2D eigenvalue weighted by Crippen LogP contribution is 2.34. The fourth-order valence-corrected chi connectivity index (χ4v) is 3.94. The molecule has 5 heteroatoms. The van der Waals surface area contributed by atoms with E-state index >= 15 is 0 Å². The molecule has 0 aliphatic carbocycles. The van der Waals surface area contributed by atoms with E-state index in [1.807, 2.05) is 24.3 Å². The molecule has 1 atom stereocenters. The van der Waals surface area contributed by atoms with Crippen LogP contribution in [0.25, 0.3) is 0 Å². The summed E-state index contributed by atoms with van der Waals surface area (Å²) in [5.74, 6) is 0.867. The van der Waals surface area contributed by atoms with Crippen LogP contribution in [0.5, 0.6) is 0 Å². The Morgan fingerprint density at radius 2 is 2.10 bits per heavy atom. The molecule has 0 saturated carbocycles. The minimum absolute atomic E-state index is 0.0498. The van der Waals surface area contributed by atoms with Gasteiger partial charge >= 0.3 is 0 Å². The van der Waals surface area contributed by atoms with Crippen molar-refractivity contribution in [2.45, 2.75) is 13.0 Å². The summed E-state index contributed by atoms with van der Waals surface area (Å²) in [6.07, 6.45) is 1.69. The summed E-state index contributed by atoms with van der Waals surface area (Å²) in [6, 6.07) is 14.0. The van der Waals surface area contributed by atoms with Gasteiger partial charge in [-0.25, -0.2) is 0 Å². The van der Waals surface area contributed by atoms with Crippen LogP contribution >= 0.6 is 38.9 Å². The van der Waals surface area contributed by atoms with Gasteiger partial charge < -0.3 is 9.73 Å². The van der Waals surface area contributed by atoms with Gasteiger partial charge in [0.2, 0.25) is 0 Å². The van der Waals surface area contributed by atoms with Gasteiger partial charge in [0.15, 0.2) is 0 Å². The van der Waals surface area contributed by atoms with Crippen LogP contribution in [-0.4, -0.2) is 0 Å². The zero-order chi connectivity index (χ0) is 14.8. The molecule has 3 aromatic rings. The van der Waals surface area contributed by atoms with Crippen LogP contribution in [0.1, 0.15) is 22.2 Å². The van der Waals surface area contributed by atoms with Gasteiger partial charge in [-0.1, -0.05) is 27.5 Å². The molecule has 2 heterocycles. The van der Waals surface area contributed by atoms with Crippen molar-refractivity contribution < 1.29 is 4.42 Å². The summed E-state index contributed by atoms with van der Waals surface area (Å²) in [6.45, 7) is 2.07. The molecule has 0 bridgehead atoms. The van der Waals surface area contributed by atoms with Crippen molar-refractivity contribution in [3.8, 4) is 0 Å². The third kappa shape index (κ3) is 3.51. The van der Waals surface area contributed by atoms with Crippen molar-refractivity contribution in [2.24, 2.45) is 0 Å². The first kappa shape index (κ1) is 14.7. The predicted molar refractivity (Wildman–Crippen MR) is 92.4 cm³/mol. The van der Waals surface area contributed by atoms with E-state index in [2.05, 4.69) is 46.4 Å². The first-order chi connectivity index (χ1) is 10.1. The normalized spacial score (nSPS) is 12.3. The van der Waals surface area contributed by atoms with Crippen molar-refractivity contribution in [3.05, 3.63) is 73.7 Å². The molecule has 21 heavy (non-hydrogen) atoms. The van der Waals surface area contributed by atoms with Crippen molar-refractivity contribution >= 4 is 44.6 Å². The van der Waals surface area contributed by atoms with Crippen molar-refractivity contribution in [1.29, 1.82) is 0 Å². The Hall–Kier alpha value is -1.23. The largest absolute Gasteiger partial charge is 0.467 e. The molecule has 2 aromatic heterocycles. The molecule has 2 nitrogen and oxygen atoms in total.